The number of amides is 1. The van der Waals surface area contributed by atoms with Gasteiger partial charge in [-0.3, -0.25) is 4.79 Å². The summed E-state index contributed by atoms with van der Waals surface area (Å²) in [5.41, 5.74) is 3.65. The Labute approximate surface area is 184 Å². The summed E-state index contributed by atoms with van der Waals surface area (Å²) in [6, 6.07) is 17.9. The number of para-hydroxylation sites is 1. The molecule has 8 heteroatoms. The number of halogens is 1. The van der Waals surface area contributed by atoms with Crippen molar-refractivity contribution in [3.05, 3.63) is 88.4 Å². The Morgan fingerprint density at radius 2 is 1.55 bits per heavy atom. The van der Waals surface area contributed by atoms with Crippen LogP contribution in [0, 0.1) is 0 Å². The van der Waals surface area contributed by atoms with Crippen molar-refractivity contribution in [2.24, 2.45) is 5.10 Å². The van der Waals surface area contributed by atoms with E-state index >= 15 is 0 Å². The number of carbonyl (C=O) groups is 2. The highest BCUT2D eigenvalue weighted by Gasteiger charge is 2.12. The molecule has 0 saturated carbocycles. The van der Waals surface area contributed by atoms with Crippen LogP contribution in [0.15, 0.2) is 71.8 Å². The van der Waals surface area contributed by atoms with E-state index in [1.54, 1.807) is 66.7 Å². The van der Waals surface area contributed by atoms with Crippen molar-refractivity contribution in [3.63, 3.8) is 0 Å². The molecular formula is C23H19ClN2O5. The van der Waals surface area contributed by atoms with Crippen LogP contribution in [0.25, 0.3) is 0 Å². The first-order valence-electron chi connectivity index (χ1n) is 9.14. The van der Waals surface area contributed by atoms with Crippen LogP contribution >= 0.6 is 11.6 Å². The lowest BCUT2D eigenvalue weighted by atomic mass is 10.2. The Morgan fingerprint density at radius 1 is 0.871 bits per heavy atom. The number of nitrogens with zero attached hydrogens (tertiary/aromatic N) is 1. The Morgan fingerprint density at radius 3 is 2.26 bits per heavy atom. The summed E-state index contributed by atoms with van der Waals surface area (Å²) in [5, 5.41) is 4.49. The van der Waals surface area contributed by atoms with E-state index in [2.05, 4.69) is 10.5 Å². The van der Waals surface area contributed by atoms with E-state index in [0.717, 1.165) is 0 Å². The van der Waals surface area contributed by atoms with E-state index in [9.17, 15) is 9.59 Å². The highest BCUT2D eigenvalue weighted by Crippen LogP contribution is 2.27. The van der Waals surface area contributed by atoms with Gasteiger partial charge in [0.1, 0.15) is 5.75 Å². The molecule has 31 heavy (non-hydrogen) atoms. The summed E-state index contributed by atoms with van der Waals surface area (Å²) >= 11 is 5.84. The standard InChI is InChI=1S/C23H19ClN2O5/c1-29-20-12-9-16(13-21(20)30-2)22(27)26-25-14-17-5-3-4-6-19(17)31-23(28)15-7-10-18(24)11-8-15/h3-14H,1-2H3,(H,26,27)/b25-14-. The van der Waals surface area contributed by atoms with Gasteiger partial charge < -0.3 is 14.2 Å². The molecule has 0 aliphatic heterocycles. The number of carbonyl (C=O) groups excluding carboxylic acids is 2. The number of ether oxygens (including phenoxy) is 3. The van der Waals surface area contributed by atoms with Gasteiger partial charge in [0.25, 0.3) is 5.91 Å². The third-order valence-corrected chi connectivity index (χ3v) is 4.47. The quantitative estimate of drug-likeness (QED) is 0.256. The summed E-state index contributed by atoms with van der Waals surface area (Å²) in [5.74, 6) is 0.267. The number of hydrogen-bond acceptors (Lipinski definition) is 6. The first-order valence-corrected chi connectivity index (χ1v) is 9.52. The summed E-state index contributed by atoms with van der Waals surface area (Å²) in [6.07, 6.45) is 1.39. The lowest BCUT2D eigenvalue weighted by molar-refractivity contribution is 0.0734. The number of hydrogen-bond donors (Lipinski definition) is 1. The molecule has 3 rings (SSSR count). The molecule has 0 unspecified atom stereocenters. The van der Waals surface area contributed by atoms with E-state index in [4.69, 9.17) is 25.8 Å². The van der Waals surface area contributed by atoms with Gasteiger partial charge in [0.15, 0.2) is 11.5 Å². The molecule has 0 aliphatic carbocycles. The zero-order chi connectivity index (χ0) is 22.2. The zero-order valence-electron chi connectivity index (χ0n) is 16.8. The Balaban J connectivity index is 1.69. The lowest BCUT2D eigenvalue weighted by Crippen LogP contribution is -2.18. The Kier molecular flexibility index (Phi) is 7.24. The first-order chi connectivity index (χ1) is 15.0. The van der Waals surface area contributed by atoms with Crippen LogP contribution in [0.1, 0.15) is 26.3 Å². The fourth-order valence-electron chi connectivity index (χ4n) is 2.63. The number of esters is 1. The molecule has 0 bridgehead atoms. The molecule has 0 heterocycles. The van der Waals surface area contributed by atoms with Gasteiger partial charge in [0.2, 0.25) is 0 Å². The molecule has 1 amide bonds. The second kappa shape index (κ2) is 10.3. The van der Waals surface area contributed by atoms with Crippen molar-refractivity contribution in [1.29, 1.82) is 0 Å². The van der Waals surface area contributed by atoms with Gasteiger partial charge in [-0.25, -0.2) is 10.2 Å². The summed E-state index contributed by atoms with van der Waals surface area (Å²) in [7, 11) is 3.00. The average molecular weight is 439 g/mol. The molecule has 0 fully saturated rings. The Hall–Kier alpha value is -3.84. The predicted molar refractivity (Wildman–Crippen MR) is 117 cm³/mol. The van der Waals surface area contributed by atoms with E-state index < -0.39 is 11.9 Å². The first kappa shape index (κ1) is 21.9. The van der Waals surface area contributed by atoms with Gasteiger partial charge in [-0.05, 0) is 54.6 Å². The molecule has 3 aromatic rings. The summed E-state index contributed by atoms with van der Waals surface area (Å²) in [4.78, 5) is 24.7. The van der Waals surface area contributed by atoms with Crippen molar-refractivity contribution in [2.75, 3.05) is 14.2 Å². The highest BCUT2D eigenvalue weighted by molar-refractivity contribution is 6.30. The van der Waals surface area contributed by atoms with Gasteiger partial charge in [0, 0.05) is 16.1 Å². The van der Waals surface area contributed by atoms with Crippen LogP contribution in [-0.2, 0) is 0 Å². The van der Waals surface area contributed by atoms with Crippen LogP contribution in [0.2, 0.25) is 5.02 Å². The fraction of sp³-hybridized carbons (Fsp3) is 0.0870. The summed E-state index contributed by atoms with van der Waals surface area (Å²) in [6.45, 7) is 0. The van der Waals surface area contributed by atoms with E-state index in [1.165, 1.54) is 20.4 Å². The maximum Gasteiger partial charge on any atom is 0.343 e. The molecule has 0 radical (unpaired) electrons. The second-order valence-corrected chi connectivity index (χ2v) is 6.64. The molecule has 0 atom stereocenters. The molecule has 158 valence electrons. The monoisotopic (exact) mass is 438 g/mol. The number of rotatable bonds is 7. The number of benzene rings is 3. The summed E-state index contributed by atoms with van der Waals surface area (Å²) < 4.78 is 15.8. The normalized spacial score (nSPS) is 10.5. The molecule has 0 aliphatic rings. The van der Waals surface area contributed by atoms with Crippen molar-refractivity contribution >= 4 is 29.7 Å². The van der Waals surface area contributed by atoms with E-state index in [-0.39, 0.29) is 0 Å². The SMILES string of the molecule is COc1ccc(C(=O)N/N=C\c2ccccc2OC(=O)c2ccc(Cl)cc2)cc1OC. The number of methoxy groups -OCH3 is 2. The van der Waals surface area contributed by atoms with Gasteiger partial charge >= 0.3 is 5.97 Å². The predicted octanol–water partition coefficient (Wildman–Crippen LogP) is 4.34. The zero-order valence-corrected chi connectivity index (χ0v) is 17.6. The molecule has 0 aromatic heterocycles. The van der Waals surface area contributed by atoms with Gasteiger partial charge in [-0.2, -0.15) is 5.10 Å². The van der Waals surface area contributed by atoms with E-state index in [0.29, 0.717) is 39.0 Å². The minimum Gasteiger partial charge on any atom is -0.493 e. The highest BCUT2D eigenvalue weighted by atomic mass is 35.5. The topological polar surface area (TPSA) is 86.2 Å². The number of hydrazone groups is 1. The fourth-order valence-corrected chi connectivity index (χ4v) is 2.75. The van der Waals surface area contributed by atoms with Crippen molar-refractivity contribution in [3.8, 4) is 17.2 Å². The molecule has 0 spiro atoms. The maximum absolute atomic E-state index is 12.4. The van der Waals surface area contributed by atoms with Crippen LogP contribution in [0.3, 0.4) is 0 Å². The van der Waals surface area contributed by atoms with Crippen LogP contribution in [0.4, 0.5) is 0 Å². The average Bonchev–Trinajstić information content (AvgIpc) is 2.80. The second-order valence-electron chi connectivity index (χ2n) is 6.20. The molecule has 1 N–H and O–H groups in total. The largest absolute Gasteiger partial charge is 0.493 e. The van der Waals surface area contributed by atoms with Crippen molar-refractivity contribution < 1.29 is 23.8 Å². The van der Waals surface area contributed by atoms with Crippen molar-refractivity contribution in [2.45, 2.75) is 0 Å². The van der Waals surface area contributed by atoms with Gasteiger partial charge in [-0.15, -0.1) is 0 Å². The minimum atomic E-state index is -0.535. The van der Waals surface area contributed by atoms with E-state index in [1.807, 2.05) is 0 Å². The maximum atomic E-state index is 12.4. The lowest BCUT2D eigenvalue weighted by Gasteiger charge is -2.09. The molecule has 3 aromatic carbocycles. The van der Waals surface area contributed by atoms with Gasteiger partial charge in [-0.1, -0.05) is 23.7 Å². The van der Waals surface area contributed by atoms with Crippen LogP contribution < -0.4 is 19.6 Å². The molecule has 0 saturated heterocycles. The third-order valence-electron chi connectivity index (χ3n) is 4.22. The Bertz CT molecular complexity index is 1110. The van der Waals surface area contributed by atoms with Gasteiger partial charge in [0.05, 0.1) is 26.0 Å². The molecule has 7 nitrogen and oxygen atoms in total. The van der Waals surface area contributed by atoms with Crippen LogP contribution in [-0.4, -0.2) is 32.3 Å². The minimum absolute atomic E-state index is 0.298. The molecular weight excluding hydrogens is 420 g/mol. The van der Waals surface area contributed by atoms with Crippen LogP contribution in [0.5, 0.6) is 17.2 Å². The third kappa shape index (κ3) is 5.61. The smallest absolute Gasteiger partial charge is 0.343 e. The number of nitrogens with one attached hydrogen (secondary N) is 1. The van der Waals surface area contributed by atoms with Crippen molar-refractivity contribution in [1.82, 2.24) is 5.43 Å².